The minimum Gasteiger partial charge on any atom is -0.497 e. The van der Waals surface area contributed by atoms with Crippen LogP contribution in [0, 0.1) is 5.92 Å². The van der Waals surface area contributed by atoms with Gasteiger partial charge in [-0.05, 0) is 37.8 Å². The standard InChI is InChI=1S/C25H31N3O3/c1-18(29)15-28(16-19-12-13-19)17-23-24(20-8-5-4-6-9-20)26-27(2)25(23)31-22-11-7-10-21(14-22)30-3/h4-11,14,18-19,29H,12-13,15-17H2,1-3H3. The van der Waals surface area contributed by atoms with Crippen molar-refractivity contribution >= 4 is 0 Å². The maximum Gasteiger partial charge on any atom is 0.222 e. The molecule has 0 spiro atoms. The monoisotopic (exact) mass is 421 g/mol. The Morgan fingerprint density at radius 2 is 1.87 bits per heavy atom. The Morgan fingerprint density at radius 1 is 1.13 bits per heavy atom. The number of aliphatic hydroxyl groups excluding tert-OH is 1. The van der Waals surface area contributed by atoms with Crippen LogP contribution in [0.2, 0.25) is 0 Å². The molecular weight excluding hydrogens is 390 g/mol. The van der Waals surface area contributed by atoms with Crippen molar-refractivity contribution in [1.29, 1.82) is 0 Å². The quantitative estimate of drug-likeness (QED) is 0.523. The van der Waals surface area contributed by atoms with Crippen LogP contribution in [0.1, 0.15) is 25.3 Å². The first-order valence-corrected chi connectivity index (χ1v) is 10.9. The van der Waals surface area contributed by atoms with Crippen molar-refractivity contribution in [3.05, 3.63) is 60.2 Å². The Hall–Kier alpha value is -2.83. The van der Waals surface area contributed by atoms with E-state index in [1.54, 1.807) is 11.8 Å². The second-order valence-corrected chi connectivity index (χ2v) is 8.39. The lowest BCUT2D eigenvalue weighted by atomic mass is 10.1. The molecule has 164 valence electrons. The van der Waals surface area contributed by atoms with Crippen molar-refractivity contribution in [3.8, 4) is 28.6 Å². The van der Waals surface area contributed by atoms with E-state index in [2.05, 4.69) is 17.0 Å². The minimum absolute atomic E-state index is 0.390. The summed E-state index contributed by atoms with van der Waals surface area (Å²) in [6, 6.07) is 17.8. The summed E-state index contributed by atoms with van der Waals surface area (Å²) in [4.78, 5) is 2.32. The largest absolute Gasteiger partial charge is 0.497 e. The van der Waals surface area contributed by atoms with Crippen LogP contribution in [0.15, 0.2) is 54.6 Å². The van der Waals surface area contributed by atoms with E-state index >= 15 is 0 Å². The molecule has 0 saturated heterocycles. The molecule has 1 N–H and O–H groups in total. The van der Waals surface area contributed by atoms with Gasteiger partial charge in [-0.3, -0.25) is 4.90 Å². The van der Waals surface area contributed by atoms with Crippen LogP contribution in [-0.2, 0) is 13.6 Å². The minimum atomic E-state index is -0.390. The van der Waals surface area contributed by atoms with E-state index in [9.17, 15) is 5.11 Å². The fourth-order valence-electron chi connectivity index (χ4n) is 3.89. The zero-order chi connectivity index (χ0) is 21.8. The van der Waals surface area contributed by atoms with E-state index in [-0.39, 0.29) is 0 Å². The number of aromatic nitrogens is 2. The van der Waals surface area contributed by atoms with Gasteiger partial charge in [-0.25, -0.2) is 4.68 Å². The molecule has 1 saturated carbocycles. The van der Waals surface area contributed by atoms with Gasteiger partial charge in [0.1, 0.15) is 17.2 Å². The second-order valence-electron chi connectivity index (χ2n) is 8.39. The Balaban J connectivity index is 1.71. The van der Waals surface area contributed by atoms with Crippen LogP contribution in [0.3, 0.4) is 0 Å². The molecule has 1 heterocycles. The first-order valence-electron chi connectivity index (χ1n) is 10.9. The molecule has 0 radical (unpaired) electrons. The molecule has 6 nitrogen and oxygen atoms in total. The molecular formula is C25H31N3O3. The number of aliphatic hydroxyl groups is 1. The van der Waals surface area contributed by atoms with Gasteiger partial charge in [-0.2, -0.15) is 5.10 Å². The van der Waals surface area contributed by atoms with E-state index in [1.807, 2.05) is 56.4 Å². The number of aryl methyl sites for hydroxylation is 1. The summed E-state index contributed by atoms with van der Waals surface area (Å²) in [5.41, 5.74) is 2.99. The van der Waals surface area contributed by atoms with Gasteiger partial charge in [0.15, 0.2) is 0 Å². The third-order valence-electron chi connectivity index (χ3n) is 5.51. The number of rotatable bonds is 10. The maximum absolute atomic E-state index is 10.1. The number of hydrogen-bond donors (Lipinski definition) is 1. The molecule has 1 aromatic heterocycles. The smallest absolute Gasteiger partial charge is 0.222 e. The fourth-order valence-corrected chi connectivity index (χ4v) is 3.89. The van der Waals surface area contributed by atoms with Crippen LogP contribution in [-0.4, -0.2) is 46.1 Å². The Morgan fingerprint density at radius 3 is 2.55 bits per heavy atom. The molecule has 1 aliphatic carbocycles. The molecule has 0 aliphatic heterocycles. The second kappa shape index (κ2) is 9.54. The molecule has 1 fully saturated rings. The van der Waals surface area contributed by atoms with Crippen molar-refractivity contribution in [2.45, 2.75) is 32.4 Å². The van der Waals surface area contributed by atoms with Crippen LogP contribution in [0.4, 0.5) is 0 Å². The summed E-state index contributed by atoms with van der Waals surface area (Å²) in [6.07, 6.45) is 2.14. The van der Waals surface area contributed by atoms with Gasteiger partial charge in [-0.1, -0.05) is 36.4 Å². The van der Waals surface area contributed by atoms with Crippen LogP contribution >= 0.6 is 0 Å². The number of hydrogen-bond acceptors (Lipinski definition) is 5. The lowest BCUT2D eigenvalue weighted by molar-refractivity contribution is 0.119. The number of ether oxygens (including phenoxy) is 2. The highest BCUT2D eigenvalue weighted by atomic mass is 16.5. The molecule has 3 aromatic rings. The Kier molecular flexibility index (Phi) is 6.59. The molecule has 1 unspecified atom stereocenters. The van der Waals surface area contributed by atoms with Crippen LogP contribution in [0.5, 0.6) is 17.4 Å². The number of methoxy groups -OCH3 is 1. The van der Waals surface area contributed by atoms with E-state index in [0.29, 0.717) is 24.7 Å². The van der Waals surface area contributed by atoms with Crippen LogP contribution < -0.4 is 9.47 Å². The third kappa shape index (κ3) is 5.46. The van der Waals surface area contributed by atoms with Crippen molar-refractivity contribution in [3.63, 3.8) is 0 Å². The lowest BCUT2D eigenvalue weighted by Gasteiger charge is -2.24. The molecule has 0 amide bonds. The zero-order valence-corrected chi connectivity index (χ0v) is 18.5. The van der Waals surface area contributed by atoms with Gasteiger partial charge in [0.25, 0.3) is 0 Å². The topological polar surface area (TPSA) is 59.8 Å². The molecule has 1 aliphatic rings. The van der Waals surface area contributed by atoms with Crippen molar-refractivity contribution in [2.75, 3.05) is 20.2 Å². The van der Waals surface area contributed by atoms with Gasteiger partial charge in [0.2, 0.25) is 5.88 Å². The SMILES string of the molecule is COc1cccc(Oc2c(CN(CC(C)O)CC3CC3)c(-c3ccccc3)nn2C)c1. The van der Waals surface area contributed by atoms with Crippen LogP contribution in [0.25, 0.3) is 11.3 Å². The van der Waals surface area contributed by atoms with Gasteiger partial charge in [0.05, 0.1) is 18.8 Å². The van der Waals surface area contributed by atoms with Gasteiger partial charge in [-0.15, -0.1) is 0 Å². The Bertz CT molecular complexity index is 993. The molecule has 4 rings (SSSR count). The number of benzene rings is 2. The normalized spacial score (nSPS) is 14.6. The summed E-state index contributed by atoms with van der Waals surface area (Å²) >= 11 is 0. The van der Waals surface area contributed by atoms with Gasteiger partial charge >= 0.3 is 0 Å². The summed E-state index contributed by atoms with van der Waals surface area (Å²) in [5.74, 6) is 2.87. The summed E-state index contributed by atoms with van der Waals surface area (Å²) in [7, 11) is 3.55. The molecule has 0 bridgehead atoms. The summed E-state index contributed by atoms with van der Waals surface area (Å²) < 4.78 is 13.5. The maximum atomic E-state index is 10.1. The van der Waals surface area contributed by atoms with E-state index in [0.717, 1.165) is 35.0 Å². The van der Waals surface area contributed by atoms with E-state index in [4.69, 9.17) is 14.6 Å². The highest BCUT2D eigenvalue weighted by Crippen LogP contribution is 2.36. The van der Waals surface area contributed by atoms with Gasteiger partial charge < -0.3 is 14.6 Å². The predicted molar refractivity (Wildman–Crippen MR) is 121 cm³/mol. The average molecular weight is 422 g/mol. The fraction of sp³-hybridized carbons (Fsp3) is 0.400. The van der Waals surface area contributed by atoms with E-state index < -0.39 is 6.10 Å². The Labute approximate surface area is 184 Å². The zero-order valence-electron chi connectivity index (χ0n) is 18.5. The first kappa shape index (κ1) is 21.4. The predicted octanol–water partition coefficient (Wildman–Crippen LogP) is 4.48. The number of nitrogens with zero attached hydrogens (tertiary/aromatic N) is 3. The van der Waals surface area contributed by atoms with Gasteiger partial charge in [0, 0.05) is 38.3 Å². The first-order chi connectivity index (χ1) is 15.0. The van der Waals surface area contributed by atoms with E-state index in [1.165, 1.54) is 12.8 Å². The third-order valence-corrected chi connectivity index (χ3v) is 5.51. The molecule has 2 aromatic carbocycles. The summed E-state index contributed by atoms with van der Waals surface area (Å²) in [6.45, 7) is 4.11. The van der Waals surface area contributed by atoms with Crippen molar-refractivity contribution in [2.24, 2.45) is 13.0 Å². The van der Waals surface area contributed by atoms with Crippen molar-refractivity contribution < 1.29 is 14.6 Å². The molecule has 31 heavy (non-hydrogen) atoms. The highest BCUT2D eigenvalue weighted by Gasteiger charge is 2.28. The lowest BCUT2D eigenvalue weighted by Crippen LogP contribution is -2.32. The average Bonchev–Trinajstić information content (AvgIpc) is 3.53. The van der Waals surface area contributed by atoms with Crippen molar-refractivity contribution in [1.82, 2.24) is 14.7 Å². The molecule has 6 heteroatoms. The highest BCUT2D eigenvalue weighted by molar-refractivity contribution is 5.65. The summed E-state index contributed by atoms with van der Waals surface area (Å²) in [5, 5.41) is 14.9. The molecule has 1 atom stereocenters.